The second-order valence-corrected chi connectivity index (χ2v) is 11.6. The highest BCUT2D eigenvalue weighted by molar-refractivity contribution is 5.69. The zero-order valence-electron chi connectivity index (χ0n) is 22.3. The van der Waals surface area contributed by atoms with E-state index in [1.54, 1.807) is 0 Å². The van der Waals surface area contributed by atoms with Gasteiger partial charge in [0, 0.05) is 50.5 Å². The van der Waals surface area contributed by atoms with Gasteiger partial charge in [-0.25, -0.2) is 0 Å². The van der Waals surface area contributed by atoms with Crippen molar-refractivity contribution in [3.8, 4) is 0 Å². The summed E-state index contributed by atoms with van der Waals surface area (Å²) in [6, 6.07) is 21.9. The standard InChI is InChI=1S/C31H43N3O2/c1-32(2)31-21-26(24-11-6-4-7-12-24)30(27(22-31)25-13-8-5-9-14-25)28(23-31)36-29(35)15-10-16-34-19-17-33(3)18-20-34/h4-9,11-14,26-28,30H,10,15-23H2,1-3H3/t26-,27-,28-,30?,31?/m0/s1. The van der Waals surface area contributed by atoms with Crippen LogP contribution in [0.2, 0.25) is 0 Å². The Labute approximate surface area is 217 Å². The molecule has 1 saturated heterocycles. The van der Waals surface area contributed by atoms with Crippen molar-refractivity contribution >= 4 is 5.97 Å². The van der Waals surface area contributed by atoms with Crippen molar-refractivity contribution in [3.63, 3.8) is 0 Å². The van der Waals surface area contributed by atoms with Gasteiger partial charge in [-0.3, -0.25) is 4.79 Å². The Morgan fingerprint density at radius 3 is 1.97 bits per heavy atom. The minimum absolute atomic E-state index is 0.0193. The molecule has 0 N–H and O–H groups in total. The van der Waals surface area contributed by atoms with Crippen LogP contribution in [0.5, 0.6) is 0 Å². The zero-order valence-corrected chi connectivity index (χ0v) is 22.3. The van der Waals surface area contributed by atoms with E-state index < -0.39 is 0 Å². The highest BCUT2D eigenvalue weighted by Gasteiger charge is 2.58. The molecule has 2 aromatic carbocycles. The molecule has 0 spiro atoms. The molecule has 3 saturated carbocycles. The van der Waals surface area contributed by atoms with Gasteiger partial charge in [0.2, 0.25) is 0 Å². The molecule has 194 valence electrons. The number of likely N-dealkylation sites (N-methyl/N-ethyl adjacent to an activating group) is 1. The lowest BCUT2D eigenvalue weighted by molar-refractivity contribution is -0.167. The predicted octanol–water partition coefficient (Wildman–Crippen LogP) is 4.61. The average Bonchev–Trinajstić information content (AvgIpc) is 2.90. The van der Waals surface area contributed by atoms with Crippen LogP contribution < -0.4 is 0 Å². The molecule has 0 amide bonds. The lowest BCUT2D eigenvalue weighted by atomic mass is 9.52. The largest absolute Gasteiger partial charge is 0.462 e. The van der Waals surface area contributed by atoms with E-state index >= 15 is 0 Å². The molecule has 0 radical (unpaired) electrons. The Hall–Kier alpha value is -2.21. The van der Waals surface area contributed by atoms with Gasteiger partial charge in [-0.05, 0) is 69.9 Å². The number of hydrogen-bond donors (Lipinski definition) is 0. The summed E-state index contributed by atoms with van der Waals surface area (Å²) < 4.78 is 6.42. The molecule has 1 aliphatic heterocycles. The van der Waals surface area contributed by atoms with Crippen LogP contribution >= 0.6 is 0 Å². The monoisotopic (exact) mass is 489 g/mol. The molecule has 1 heterocycles. The molecule has 2 aromatic rings. The van der Waals surface area contributed by atoms with Gasteiger partial charge in [0.1, 0.15) is 6.10 Å². The quantitative estimate of drug-likeness (QED) is 0.506. The number of fused-ring (bicyclic) bond motifs is 3. The maximum absolute atomic E-state index is 13.2. The van der Waals surface area contributed by atoms with Gasteiger partial charge >= 0.3 is 5.97 Å². The van der Waals surface area contributed by atoms with Crippen molar-refractivity contribution in [3.05, 3.63) is 71.8 Å². The fraction of sp³-hybridized carbons (Fsp3) is 0.581. The van der Waals surface area contributed by atoms with Gasteiger partial charge in [-0.15, -0.1) is 0 Å². The van der Waals surface area contributed by atoms with Gasteiger partial charge in [0.05, 0.1) is 0 Å². The summed E-state index contributed by atoms with van der Waals surface area (Å²) in [5.74, 6) is 1.04. The number of benzene rings is 2. The molecular formula is C31H43N3O2. The lowest BCUT2D eigenvalue weighted by Crippen LogP contribution is -2.61. The topological polar surface area (TPSA) is 36.0 Å². The molecule has 4 aliphatic rings. The SMILES string of the molecule is CN1CCN(CCCC(=O)O[C@H]2CC3(N(C)C)C[C@@H](c4ccccc4)C2[C@H](c2ccccc2)C3)CC1. The average molecular weight is 490 g/mol. The van der Waals surface area contributed by atoms with Gasteiger partial charge in [0.15, 0.2) is 0 Å². The molecule has 5 nitrogen and oxygen atoms in total. The predicted molar refractivity (Wildman–Crippen MR) is 145 cm³/mol. The van der Waals surface area contributed by atoms with Crippen LogP contribution in [0.1, 0.15) is 55.1 Å². The second kappa shape index (κ2) is 11.0. The minimum atomic E-state index is -0.0542. The smallest absolute Gasteiger partial charge is 0.306 e. The van der Waals surface area contributed by atoms with E-state index in [-0.39, 0.29) is 17.6 Å². The van der Waals surface area contributed by atoms with E-state index in [0.717, 1.165) is 58.4 Å². The van der Waals surface area contributed by atoms with Crippen LogP contribution in [0, 0.1) is 5.92 Å². The number of hydrogen-bond acceptors (Lipinski definition) is 5. The highest BCUT2D eigenvalue weighted by Crippen LogP contribution is 2.60. The number of carbonyl (C=O) groups excluding carboxylic acids is 1. The Morgan fingerprint density at radius 1 is 0.889 bits per heavy atom. The van der Waals surface area contributed by atoms with Crippen molar-refractivity contribution in [2.45, 2.75) is 55.6 Å². The molecular weight excluding hydrogens is 446 g/mol. The van der Waals surface area contributed by atoms with Crippen LogP contribution in [0.3, 0.4) is 0 Å². The summed E-state index contributed by atoms with van der Waals surface area (Å²) in [6.07, 6.45) is 4.51. The van der Waals surface area contributed by atoms with Crippen LogP contribution in [0.25, 0.3) is 0 Å². The summed E-state index contributed by atoms with van der Waals surface area (Å²) >= 11 is 0. The molecule has 36 heavy (non-hydrogen) atoms. The number of esters is 1. The number of ether oxygens (including phenoxy) is 1. The van der Waals surface area contributed by atoms with Gasteiger partial charge in [-0.1, -0.05) is 60.7 Å². The van der Waals surface area contributed by atoms with Crippen molar-refractivity contribution < 1.29 is 9.53 Å². The Kier molecular flexibility index (Phi) is 7.80. The first kappa shape index (κ1) is 25.4. The minimum Gasteiger partial charge on any atom is -0.462 e. The maximum atomic E-state index is 13.2. The normalized spacial score (nSPS) is 31.0. The maximum Gasteiger partial charge on any atom is 0.306 e. The van der Waals surface area contributed by atoms with Crippen LogP contribution in [-0.2, 0) is 9.53 Å². The van der Waals surface area contributed by atoms with Crippen molar-refractivity contribution in [2.75, 3.05) is 53.9 Å². The number of piperazine rings is 1. The third-order valence-corrected chi connectivity index (χ3v) is 9.28. The van der Waals surface area contributed by atoms with Gasteiger partial charge in [-0.2, -0.15) is 0 Å². The molecule has 4 fully saturated rings. The van der Waals surface area contributed by atoms with E-state index in [2.05, 4.69) is 96.5 Å². The van der Waals surface area contributed by atoms with E-state index in [4.69, 9.17) is 4.74 Å². The van der Waals surface area contributed by atoms with Crippen molar-refractivity contribution in [1.29, 1.82) is 0 Å². The van der Waals surface area contributed by atoms with Crippen LogP contribution in [-0.4, -0.2) is 86.2 Å². The van der Waals surface area contributed by atoms with Crippen molar-refractivity contribution in [1.82, 2.24) is 14.7 Å². The summed E-state index contributed by atoms with van der Waals surface area (Å²) in [4.78, 5) is 20.4. The molecule has 3 atom stereocenters. The highest BCUT2D eigenvalue weighted by atomic mass is 16.5. The fourth-order valence-electron chi connectivity index (χ4n) is 7.14. The third-order valence-electron chi connectivity index (χ3n) is 9.28. The van der Waals surface area contributed by atoms with Crippen LogP contribution in [0.4, 0.5) is 0 Å². The fourth-order valence-corrected chi connectivity index (χ4v) is 7.14. The number of rotatable bonds is 8. The molecule has 3 aliphatic carbocycles. The molecule has 0 aromatic heterocycles. The summed E-state index contributed by atoms with van der Waals surface area (Å²) in [5, 5.41) is 0. The molecule has 0 unspecified atom stereocenters. The van der Waals surface area contributed by atoms with E-state index in [0.29, 0.717) is 24.2 Å². The third kappa shape index (κ3) is 5.39. The zero-order chi connectivity index (χ0) is 25.1. The summed E-state index contributed by atoms with van der Waals surface area (Å²) in [7, 11) is 6.61. The van der Waals surface area contributed by atoms with Crippen molar-refractivity contribution in [2.24, 2.45) is 5.92 Å². The van der Waals surface area contributed by atoms with Gasteiger partial charge < -0.3 is 19.4 Å². The van der Waals surface area contributed by atoms with Gasteiger partial charge in [0.25, 0.3) is 0 Å². The Bertz CT molecular complexity index is 938. The second-order valence-electron chi connectivity index (χ2n) is 11.6. The first-order valence-corrected chi connectivity index (χ1v) is 13.8. The van der Waals surface area contributed by atoms with E-state index in [1.807, 2.05) is 0 Å². The number of nitrogens with zero attached hydrogens (tertiary/aromatic N) is 3. The number of carbonyl (C=O) groups is 1. The first-order valence-electron chi connectivity index (χ1n) is 13.8. The first-order chi connectivity index (χ1) is 17.4. The summed E-state index contributed by atoms with van der Waals surface area (Å²) in [6.45, 7) is 5.40. The van der Waals surface area contributed by atoms with E-state index in [9.17, 15) is 4.79 Å². The molecule has 2 bridgehead atoms. The van der Waals surface area contributed by atoms with Crippen LogP contribution in [0.15, 0.2) is 60.7 Å². The lowest BCUT2D eigenvalue weighted by Gasteiger charge is -2.60. The molecule has 5 heteroatoms. The Morgan fingerprint density at radius 2 is 1.44 bits per heavy atom. The summed E-state index contributed by atoms with van der Waals surface area (Å²) in [5.41, 5.74) is 2.79. The van der Waals surface area contributed by atoms with E-state index in [1.165, 1.54) is 11.1 Å². The molecule has 6 rings (SSSR count). The Balaban J connectivity index is 1.34.